The maximum absolute atomic E-state index is 6.32. The highest BCUT2D eigenvalue weighted by molar-refractivity contribution is 6.31. The lowest BCUT2D eigenvalue weighted by atomic mass is 10.0. The SMILES string of the molecule is C=C/C=C\C(=C/C)c1nc(-c2ccccc2)nc(-c2cccc(C3=CC(Cl)=CCC=C3)c2)n1.CC. The van der Waals surface area contributed by atoms with E-state index in [0.717, 1.165) is 39.3 Å². The Morgan fingerprint density at radius 3 is 2.31 bits per heavy atom. The first-order valence-corrected chi connectivity index (χ1v) is 12.2. The summed E-state index contributed by atoms with van der Waals surface area (Å²) in [5, 5.41) is 0.737. The van der Waals surface area contributed by atoms with Crippen LogP contribution in [0.2, 0.25) is 0 Å². The van der Waals surface area contributed by atoms with Crippen molar-refractivity contribution in [3.63, 3.8) is 0 Å². The summed E-state index contributed by atoms with van der Waals surface area (Å²) in [6.07, 6.45) is 16.5. The fourth-order valence-electron chi connectivity index (χ4n) is 3.47. The summed E-state index contributed by atoms with van der Waals surface area (Å²) in [6.45, 7) is 9.74. The van der Waals surface area contributed by atoms with E-state index in [1.54, 1.807) is 6.08 Å². The van der Waals surface area contributed by atoms with Gasteiger partial charge in [0.1, 0.15) is 0 Å². The second kappa shape index (κ2) is 13.2. The van der Waals surface area contributed by atoms with Gasteiger partial charge in [-0.3, -0.25) is 0 Å². The monoisotopic (exact) mass is 479 g/mol. The summed E-state index contributed by atoms with van der Waals surface area (Å²) >= 11 is 6.32. The van der Waals surface area contributed by atoms with E-state index < -0.39 is 0 Å². The molecule has 2 aromatic carbocycles. The number of allylic oxidation sites excluding steroid dienone is 11. The molecule has 3 aromatic rings. The molecule has 1 aromatic heterocycles. The minimum atomic E-state index is 0.615. The van der Waals surface area contributed by atoms with Crippen molar-refractivity contribution in [1.82, 2.24) is 15.0 Å². The van der Waals surface area contributed by atoms with Gasteiger partial charge >= 0.3 is 0 Å². The second-order valence-corrected chi connectivity index (χ2v) is 7.86. The van der Waals surface area contributed by atoms with Gasteiger partial charge in [0.05, 0.1) is 0 Å². The Bertz CT molecular complexity index is 1310. The van der Waals surface area contributed by atoms with Crippen LogP contribution in [0.5, 0.6) is 0 Å². The number of nitrogens with zero attached hydrogens (tertiary/aromatic N) is 3. The van der Waals surface area contributed by atoms with Crippen LogP contribution in [0.1, 0.15) is 38.6 Å². The molecule has 0 aliphatic heterocycles. The number of hydrogen-bond donors (Lipinski definition) is 0. The van der Waals surface area contributed by atoms with Crippen LogP contribution in [0.15, 0.2) is 115 Å². The summed E-state index contributed by atoms with van der Waals surface area (Å²) in [5.74, 6) is 1.86. The molecule has 4 heteroatoms. The molecule has 176 valence electrons. The molecule has 1 aliphatic carbocycles. The molecule has 4 rings (SSSR count). The molecule has 3 nitrogen and oxygen atoms in total. The van der Waals surface area contributed by atoms with Gasteiger partial charge in [-0.1, -0.05) is 123 Å². The highest BCUT2D eigenvalue weighted by Crippen LogP contribution is 2.28. The summed E-state index contributed by atoms with van der Waals surface area (Å²) < 4.78 is 0. The Kier molecular flexibility index (Phi) is 9.70. The van der Waals surface area contributed by atoms with Gasteiger partial charge in [-0.15, -0.1) is 0 Å². The van der Waals surface area contributed by atoms with Crippen LogP contribution in [-0.2, 0) is 0 Å². The highest BCUT2D eigenvalue weighted by atomic mass is 35.5. The van der Waals surface area contributed by atoms with Crippen molar-refractivity contribution in [3.8, 4) is 22.8 Å². The van der Waals surface area contributed by atoms with Crippen LogP contribution in [0.25, 0.3) is 33.9 Å². The fourth-order valence-corrected chi connectivity index (χ4v) is 3.68. The third-order valence-electron chi connectivity index (χ3n) is 5.14. The molecule has 0 amide bonds. The molecule has 35 heavy (non-hydrogen) atoms. The van der Waals surface area contributed by atoms with Crippen LogP contribution >= 0.6 is 11.6 Å². The summed E-state index contributed by atoms with van der Waals surface area (Å²) in [4.78, 5) is 14.4. The van der Waals surface area contributed by atoms with Gasteiger partial charge in [0.25, 0.3) is 0 Å². The first-order chi connectivity index (χ1) is 17.2. The smallest absolute Gasteiger partial charge is 0.164 e. The predicted octanol–water partition coefficient (Wildman–Crippen LogP) is 8.84. The molecule has 0 saturated carbocycles. The van der Waals surface area contributed by atoms with Crippen LogP contribution < -0.4 is 0 Å². The maximum atomic E-state index is 6.32. The van der Waals surface area contributed by atoms with E-state index >= 15 is 0 Å². The van der Waals surface area contributed by atoms with E-state index in [-0.39, 0.29) is 0 Å². The lowest BCUT2D eigenvalue weighted by molar-refractivity contribution is 1.04. The van der Waals surface area contributed by atoms with E-state index in [1.165, 1.54) is 0 Å². The van der Waals surface area contributed by atoms with E-state index in [2.05, 4.69) is 30.9 Å². The van der Waals surface area contributed by atoms with Crippen LogP contribution in [0.4, 0.5) is 0 Å². The molecule has 0 bridgehead atoms. The van der Waals surface area contributed by atoms with Crippen molar-refractivity contribution in [1.29, 1.82) is 0 Å². The van der Waals surface area contributed by atoms with Crippen molar-refractivity contribution < 1.29 is 0 Å². The van der Waals surface area contributed by atoms with Crippen LogP contribution in [0.3, 0.4) is 0 Å². The van der Waals surface area contributed by atoms with Gasteiger partial charge in [0.2, 0.25) is 0 Å². The normalized spacial score (nSPS) is 13.4. The van der Waals surface area contributed by atoms with Gasteiger partial charge in [0.15, 0.2) is 17.5 Å². The number of aromatic nitrogens is 3. The molecule has 0 atom stereocenters. The number of benzene rings is 2. The van der Waals surface area contributed by atoms with Gasteiger partial charge in [0, 0.05) is 21.7 Å². The Balaban J connectivity index is 0.00000167. The second-order valence-electron chi connectivity index (χ2n) is 7.42. The molecule has 0 N–H and O–H groups in total. The van der Waals surface area contributed by atoms with Crippen molar-refractivity contribution in [2.45, 2.75) is 27.2 Å². The van der Waals surface area contributed by atoms with Crippen molar-refractivity contribution in [3.05, 3.63) is 126 Å². The van der Waals surface area contributed by atoms with Crippen molar-refractivity contribution >= 4 is 22.7 Å². The first-order valence-electron chi connectivity index (χ1n) is 11.8. The standard InChI is InChI=1S/C29H24ClN3.C2H6/c1-3-5-12-21(4-2)27-31-28(22-13-7-6-8-14-22)33-29(32-27)25-17-11-16-23(19-25)24-15-9-10-18-26(30)20-24;1-2/h3-9,11-20H,1,10H2,2H3;1-2H3/b12-5-,21-4+;. The topological polar surface area (TPSA) is 38.7 Å². The van der Waals surface area contributed by atoms with Gasteiger partial charge in [-0.05, 0) is 36.6 Å². The lowest BCUT2D eigenvalue weighted by Crippen LogP contribution is -2.02. The van der Waals surface area contributed by atoms with Gasteiger partial charge in [-0.25, -0.2) is 15.0 Å². The zero-order valence-corrected chi connectivity index (χ0v) is 21.2. The molecule has 0 spiro atoms. The molecular formula is C31H30ClN3. The summed E-state index contributed by atoms with van der Waals surface area (Å²) in [6, 6.07) is 18.1. The summed E-state index contributed by atoms with van der Waals surface area (Å²) in [5.41, 5.74) is 4.86. The van der Waals surface area contributed by atoms with Crippen molar-refractivity contribution in [2.75, 3.05) is 0 Å². The molecule has 0 unspecified atom stereocenters. The van der Waals surface area contributed by atoms with Crippen molar-refractivity contribution in [2.24, 2.45) is 0 Å². The van der Waals surface area contributed by atoms with E-state index in [9.17, 15) is 0 Å². The minimum absolute atomic E-state index is 0.615. The molecular weight excluding hydrogens is 450 g/mol. The molecule has 0 saturated heterocycles. The zero-order valence-electron chi connectivity index (χ0n) is 20.4. The zero-order chi connectivity index (χ0) is 25.0. The molecule has 0 fully saturated rings. The number of halogens is 1. The summed E-state index contributed by atoms with van der Waals surface area (Å²) in [7, 11) is 0. The average molecular weight is 480 g/mol. The quantitative estimate of drug-likeness (QED) is 0.331. The van der Waals surface area contributed by atoms with E-state index in [0.29, 0.717) is 17.5 Å². The van der Waals surface area contributed by atoms with E-state index in [4.69, 9.17) is 26.6 Å². The third-order valence-corrected chi connectivity index (χ3v) is 5.41. The van der Waals surface area contributed by atoms with E-state index in [1.807, 2.05) is 93.6 Å². The third kappa shape index (κ3) is 6.84. The number of rotatable bonds is 6. The van der Waals surface area contributed by atoms with Gasteiger partial charge < -0.3 is 0 Å². The molecule has 1 aliphatic rings. The largest absolute Gasteiger partial charge is 0.208 e. The Hall–Kier alpha value is -3.82. The minimum Gasteiger partial charge on any atom is -0.208 e. The maximum Gasteiger partial charge on any atom is 0.164 e. The first kappa shape index (κ1) is 25.8. The number of hydrogen-bond acceptors (Lipinski definition) is 3. The lowest BCUT2D eigenvalue weighted by Gasteiger charge is -2.10. The fraction of sp³-hybridized carbons (Fsp3) is 0.129. The van der Waals surface area contributed by atoms with Crippen LogP contribution in [-0.4, -0.2) is 15.0 Å². The Morgan fingerprint density at radius 2 is 1.60 bits per heavy atom. The Labute approximate surface area is 213 Å². The average Bonchev–Trinajstić information content (AvgIpc) is 3.15. The highest BCUT2D eigenvalue weighted by Gasteiger charge is 2.13. The predicted molar refractivity (Wildman–Crippen MR) is 151 cm³/mol. The molecule has 0 radical (unpaired) electrons. The van der Waals surface area contributed by atoms with Gasteiger partial charge in [-0.2, -0.15) is 0 Å². The van der Waals surface area contributed by atoms with Crippen LogP contribution in [0, 0.1) is 0 Å². The Morgan fingerprint density at radius 1 is 0.914 bits per heavy atom. The molecule has 1 heterocycles.